The molecule has 1 aliphatic rings. The number of hydrogen-bond acceptors (Lipinski definition) is 5. The van der Waals surface area contributed by atoms with Crippen LogP contribution in [0.25, 0.3) is 0 Å². The number of carbonyl (C=O) groups excluding carboxylic acids is 2. The first-order valence-electron chi connectivity index (χ1n) is 10.0. The monoisotopic (exact) mass is 455 g/mol. The third-order valence-corrected chi connectivity index (χ3v) is 6.52. The number of carbonyl (C=O) groups is 2. The van der Waals surface area contributed by atoms with Gasteiger partial charge in [0.1, 0.15) is 10.8 Å². The molecule has 0 unspecified atom stereocenters. The van der Waals surface area contributed by atoms with E-state index in [4.69, 9.17) is 16.3 Å². The lowest BCUT2D eigenvalue weighted by molar-refractivity contribution is -0.118. The van der Waals surface area contributed by atoms with Gasteiger partial charge in [-0.2, -0.15) is 0 Å². The molecule has 2 amide bonds. The van der Waals surface area contributed by atoms with Gasteiger partial charge >= 0.3 is 0 Å². The Morgan fingerprint density at radius 2 is 2.13 bits per heavy atom. The van der Waals surface area contributed by atoms with Gasteiger partial charge in [-0.3, -0.25) is 14.6 Å². The molecule has 2 heterocycles. The molecule has 1 aromatic carbocycles. The number of anilines is 1. The van der Waals surface area contributed by atoms with Crippen LogP contribution in [0, 0.1) is 6.92 Å². The number of aryl methyl sites for hydroxylation is 2. The van der Waals surface area contributed by atoms with Crippen LogP contribution in [-0.2, 0) is 24.2 Å². The number of nitrogens with one attached hydrogen (secondary N) is 2. The second-order valence-electron chi connectivity index (χ2n) is 7.35. The van der Waals surface area contributed by atoms with Crippen molar-refractivity contribution in [2.24, 2.45) is 0 Å². The van der Waals surface area contributed by atoms with Gasteiger partial charge < -0.3 is 15.4 Å². The number of aromatic nitrogens is 1. The number of ether oxygens (including phenoxy) is 1. The summed E-state index contributed by atoms with van der Waals surface area (Å²) in [6.07, 6.45) is 6.21. The van der Waals surface area contributed by atoms with Crippen molar-refractivity contribution < 1.29 is 14.3 Å². The maximum absolute atomic E-state index is 13.0. The minimum absolute atomic E-state index is 0.151. The molecule has 0 saturated heterocycles. The van der Waals surface area contributed by atoms with Gasteiger partial charge in [0.2, 0.25) is 0 Å². The molecule has 160 valence electrons. The Balaban J connectivity index is 1.44. The molecule has 0 saturated carbocycles. The van der Waals surface area contributed by atoms with Crippen LogP contribution in [0.15, 0.2) is 42.7 Å². The number of nitrogens with zero attached hydrogens (tertiary/aromatic N) is 1. The molecule has 6 nitrogen and oxygen atoms in total. The van der Waals surface area contributed by atoms with E-state index < -0.39 is 0 Å². The molecule has 0 spiro atoms. The van der Waals surface area contributed by atoms with E-state index in [0.29, 0.717) is 27.9 Å². The Morgan fingerprint density at radius 1 is 1.26 bits per heavy atom. The lowest BCUT2D eigenvalue weighted by Crippen LogP contribution is -2.26. The number of rotatable bonds is 7. The summed E-state index contributed by atoms with van der Waals surface area (Å²) in [5.74, 6) is 0.103. The summed E-state index contributed by atoms with van der Waals surface area (Å²) in [7, 11) is 0. The second kappa shape index (κ2) is 9.49. The van der Waals surface area contributed by atoms with Gasteiger partial charge in [0.15, 0.2) is 6.61 Å². The molecule has 4 rings (SSSR count). The summed E-state index contributed by atoms with van der Waals surface area (Å²) in [5.41, 5.74) is 3.38. The largest absolute Gasteiger partial charge is 0.483 e. The summed E-state index contributed by atoms with van der Waals surface area (Å²) in [6.45, 7) is 2.10. The average molecular weight is 456 g/mol. The van der Waals surface area contributed by atoms with Gasteiger partial charge in [-0.25, -0.2) is 0 Å². The standard InChI is InChI=1S/C23H22ClN3O3S/c1-14-10-16(24)7-8-18(14)30-13-20(28)27-23-21(17-5-2-6-19(17)31-23)22(29)26-12-15-4-3-9-25-11-15/h3-4,7-11H,2,5-6,12-13H2,1H3,(H,26,29)(H,27,28). The predicted molar refractivity (Wildman–Crippen MR) is 122 cm³/mol. The first-order chi connectivity index (χ1) is 15.0. The zero-order valence-electron chi connectivity index (χ0n) is 17.0. The van der Waals surface area contributed by atoms with E-state index in [2.05, 4.69) is 15.6 Å². The van der Waals surface area contributed by atoms with Crippen LogP contribution in [0.4, 0.5) is 5.00 Å². The summed E-state index contributed by atoms with van der Waals surface area (Å²) in [6, 6.07) is 8.98. The van der Waals surface area contributed by atoms with Crippen molar-refractivity contribution in [1.29, 1.82) is 0 Å². The van der Waals surface area contributed by atoms with E-state index in [1.54, 1.807) is 30.6 Å². The van der Waals surface area contributed by atoms with Crippen molar-refractivity contribution in [1.82, 2.24) is 10.3 Å². The number of fused-ring (bicyclic) bond motifs is 1. The number of hydrogen-bond donors (Lipinski definition) is 2. The van der Waals surface area contributed by atoms with Crippen LogP contribution >= 0.6 is 22.9 Å². The fraction of sp³-hybridized carbons (Fsp3) is 0.261. The van der Waals surface area contributed by atoms with Crippen LogP contribution in [0.5, 0.6) is 5.75 Å². The normalized spacial score (nSPS) is 12.3. The molecule has 0 fully saturated rings. The number of amides is 2. The number of thiophene rings is 1. The van der Waals surface area contributed by atoms with Crippen LogP contribution < -0.4 is 15.4 Å². The highest BCUT2D eigenvalue weighted by molar-refractivity contribution is 7.17. The van der Waals surface area contributed by atoms with Crippen LogP contribution in [0.1, 0.15) is 38.3 Å². The summed E-state index contributed by atoms with van der Waals surface area (Å²) in [4.78, 5) is 30.8. The molecule has 1 aliphatic carbocycles. The van der Waals surface area contributed by atoms with Crippen molar-refractivity contribution in [3.8, 4) is 5.75 Å². The highest BCUT2D eigenvalue weighted by Crippen LogP contribution is 2.39. The Morgan fingerprint density at radius 3 is 2.90 bits per heavy atom. The van der Waals surface area contributed by atoms with Crippen LogP contribution in [0.2, 0.25) is 5.02 Å². The average Bonchev–Trinajstić information content (AvgIpc) is 3.33. The van der Waals surface area contributed by atoms with Gasteiger partial charge in [-0.1, -0.05) is 17.7 Å². The zero-order valence-corrected chi connectivity index (χ0v) is 18.6. The Kier molecular flexibility index (Phi) is 6.53. The molecular weight excluding hydrogens is 434 g/mol. The van der Waals surface area contributed by atoms with E-state index in [0.717, 1.165) is 40.8 Å². The molecule has 31 heavy (non-hydrogen) atoms. The van der Waals surface area contributed by atoms with Gasteiger partial charge in [-0.15, -0.1) is 11.3 Å². The highest BCUT2D eigenvalue weighted by atomic mass is 35.5. The van der Waals surface area contributed by atoms with E-state index in [1.807, 2.05) is 19.1 Å². The molecule has 0 aliphatic heterocycles. The summed E-state index contributed by atoms with van der Waals surface area (Å²) < 4.78 is 5.64. The smallest absolute Gasteiger partial charge is 0.262 e. The molecule has 0 radical (unpaired) electrons. The van der Waals surface area contributed by atoms with Gasteiger partial charge in [0.05, 0.1) is 5.56 Å². The van der Waals surface area contributed by atoms with E-state index in [1.165, 1.54) is 11.3 Å². The molecular formula is C23H22ClN3O3S. The lowest BCUT2D eigenvalue weighted by Gasteiger charge is -2.11. The maximum Gasteiger partial charge on any atom is 0.262 e. The van der Waals surface area contributed by atoms with E-state index in [9.17, 15) is 9.59 Å². The van der Waals surface area contributed by atoms with Gasteiger partial charge in [-0.05, 0) is 67.1 Å². The van der Waals surface area contributed by atoms with E-state index in [-0.39, 0.29) is 18.4 Å². The minimum atomic E-state index is -0.310. The highest BCUT2D eigenvalue weighted by Gasteiger charge is 2.27. The number of pyridine rings is 1. The van der Waals surface area contributed by atoms with Crippen LogP contribution in [-0.4, -0.2) is 23.4 Å². The topological polar surface area (TPSA) is 80.3 Å². The summed E-state index contributed by atoms with van der Waals surface area (Å²) in [5, 5.41) is 7.02. The maximum atomic E-state index is 13.0. The quantitative estimate of drug-likeness (QED) is 0.548. The van der Waals surface area contributed by atoms with Crippen molar-refractivity contribution in [3.05, 3.63) is 74.9 Å². The lowest BCUT2D eigenvalue weighted by atomic mass is 10.1. The summed E-state index contributed by atoms with van der Waals surface area (Å²) >= 11 is 7.44. The third kappa shape index (κ3) is 5.06. The van der Waals surface area contributed by atoms with Crippen molar-refractivity contribution in [2.75, 3.05) is 11.9 Å². The Hall–Kier alpha value is -2.90. The Labute approximate surface area is 189 Å². The van der Waals surface area contributed by atoms with Crippen molar-refractivity contribution >= 4 is 39.8 Å². The SMILES string of the molecule is Cc1cc(Cl)ccc1OCC(=O)Nc1sc2c(c1C(=O)NCc1cccnc1)CCC2. The molecule has 2 aromatic heterocycles. The predicted octanol–water partition coefficient (Wildman–Crippen LogP) is 4.54. The fourth-order valence-electron chi connectivity index (χ4n) is 3.59. The molecule has 8 heteroatoms. The van der Waals surface area contributed by atoms with E-state index >= 15 is 0 Å². The molecule has 0 bridgehead atoms. The second-order valence-corrected chi connectivity index (χ2v) is 8.89. The van der Waals surface area contributed by atoms with Gasteiger partial charge in [0.25, 0.3) is 11.8 Å². The third-order valence-electron chi connectivity index (χ3n) is 5.07. The Bertz CT molecular complexity index is 1110. The first kappa shape index (κ1) is 21.3. The van der Waals surface area contributed by atoms with Gasteiger partial charge in [0, 0.05) is 28.8 Å². The molecule has 2 N–H and O–H groups in total. The zero-order chi connectivity index (χ0) is 21.8. The number of halogens is 1. The number of benzene rings is 1. The fourth-order valence-corrected chi connectivity index (χ4v) is 5.12. The first-order valence-corrected chi connectivity index (χ1v) is 11.2. The minimum Gasteiger partial charge on any atom is -0.483 e. The van der Waals surface area contributed by atoms with Crippen molar-refractivity contribution in [3.63, 3.8) is 0 Å². The molecule has 0 atom stereocenters. The van der Waals surface area contributed by atoms with Crippen molar-refractivity contribution in [2.45, 2.75) is 32.7 Å². The molecule has 3 aromatic rings. The van der Waals surface area contributed by atoms with Crippen LogP contribution in [0.3, 0.4) is 0 Å².